The zero-order valence-electron chi connectivity index (χ0n) is 22.0. The van der Waals surface area contributed by atoms with Gasteiger partial charge in [0.2, 0.25) is 5.91 Å². The van der Waals surface area contributed by atoms with Gasteiger partial charge < -0.3 is 9.47 Å². The van der Waals surface area contributed by atoms with E-state index in [1.807, 2.05) is 36.4 Å². The highest BCUT2D eigenvalue weighted by molar-refractivity contribution is 5.96. The molecular formula is C30H34N4O4. The number of benzene rings is 2. The molecule has 1 aromatic heterocycles. The second-order valence-corrected chi connectivity index (χ2v) is 10.2. The van der Waals surface area contributed by atoms with E-state index in [4.69, 9.17) is 9.47 Å². The van der Waals surface area contributed by atoms with Crippen LogP contribution in [0.4, 0.5) is 10.6 Å². The summed E-state index contributed by atoms with van der Waals surface area (Å²) in [7, 11) is 0. The molecule has 0 bridgehead atoms. The van der Waals surface area contributed by atoms with Gasteiger partial charge in [-0.1, -0.05) is 68.4 Å². The number of hydrogen-bond donors (Lipinski definition) is 0. The van der Waals surface area contributed by atoms with Crippen LogP contribution < -0.4 is 9.64 Å². The predicted octanol–water partition coefficient (Wildman–Crippen LogP) is 4.45. The van der Waals surface area contributed by atoms with Crippen molar-refractivity contribution < 1.29 is 19.1 Å². The smallest absolute Gasteiger partial charge is 0.410 e. The molecule has 8 nitrogen and oxygen atoms in total. The van der Waals surface area contributed by atoms with Gasteiger partial charge in [0.1, 0.15) is 30.8 Å². The lowest BCUT2D eigenvalue weighted by molar-refractivity contribution is -0.121. The molecule has 0 saturated carbocycles. The van der Waals surface area contributed by atoms with Crippen LogP contribution >= 0.6 is 0 Å². The highest BCUT2D eigenvalue weighted by Gasteiger charge is 2.31. The summed E-state index contributed by atoms with van der Waals surface area (Å²) in [5.74, 6) is 1.60. The van der Waals surface area contributed by atoms with E-state index in [9.17, 15) is 9.59 Å². The molecular weight excluding hydrogens is 480 g/mol. The summed E-state index contributed by atoms with van der Waals surface area (Å²) in [6.45, 7) is 7.97. The van der Waals surface area contributed by atoms with Gasteiger partial charge in [0.05, 0.1) is 6.20 Å². The van der Waals surface area contributed by atoms with Crippen LogP contribution in [0.2, 0.25) is 0 Å². The van der Waals surface area contributed by atoms with Crippen LogP contribution in [-0.2, 0) is 22.7 Å². The van der Waals surface area contributed by atoms with Crippen LogP contribution in [-0.4, -0.2) is 65.6 Å². The van der Waals surface area contributed by atoms with Crippen molar-refractivity contribution in [3.63, 3.8) is 0 Å². The van der Waals surface area contributed by atoms with Gasteiger partial charge in [0.25, 0.3) is 0 Å². The summed E-state index contributed by atoms with van der Waals surface area (Å²) in [6.07, 6.45) is 1.31. The Balaban J connectivity index is 1.05. The van der Waals surface area contributed by atoms with Crippen LogP contribution in [0.1, 0.15) is 36.5 Å². The van der Waals surface area contributed by atoms with Crippen molar-refractivity contribution in [3.8, 4) is 5.75 Å². The predicted molar refractivity (Wildman–Crippen MR) is 145 cm³/mol. The van der Waals surface area contributed by atoms with Crippen LogP contribution in [0.25, 0.3) is 0 Å². The van der Waals surface area contributed by atoms with Gasteiger partial charge in [-0.2, -0.15) is 0 Å². The number of pyridine rings is 1. The number of carbonyl (C=O) groups excluding carboxylic acids is 2. The largest absolute Gasteiger partial charge is 0.486 e. The van der Waals surface area contributed by atoms with E-state index < -0.39 is 6.09 Å². The number of carbonyl (C=O) groups is 2. The van der Waals surface area contributed by atoms with Gasteiger partial charge in [-0.05, 0) is 34.7 Å². The SMILES string of the molecule is CC(C)c1ccc(CN2CC(Oc3ccc(N4CCN(C(=O)OCc5ccccc5)CC4=O)nc3)C2)cc1. The Labute approximate surface area is 223 Å². The van der Waals surface area contributed by atoms with Gasteiger partial charge >= 0.3 is 6.09 Å². The molecule has 198 valence electrons. The quantitative estimate of drug-likeness (QED) is 0.442. The Morgan fingerprint density at radius 1 is 0.974 bits per heavy atom. The maximum atomic E-state index is 12.7. The van der Waals surface area contributed by atoms with Crippen molar-refractivity contribution in [1.82, 2.24) is 14.8 Å². The van der Waals surface area contributed by atoms with Crippen LogP contribution in [0.5, 0.6) is 5.75 Å². The fourth-order valence-electron chi connectivity index (χ4n) is 4.67. The number of anilines is 1. The number of amides is 2. The highest BCUT2D eigenvalue weighted by Crippen LogP contribution is 2.23. The van der Waals surface area contributed by atoms with E-state index >= 15 is 0 Å². The van der Waals surface area contributed by atoms with Crippen LogP contribution in [0, 0.1) is 0 Å². The van der Waals surface area contributed by atoms with Gasteiger partial charge in [-0.25, -0.2) is 9.78 Å². The van der Waals surface area contributed by atoms with E-state index in [0.717, 1.165) is 25.2 Å². The molecule has 0 aliphatic carbocycles. The Morgan fingerprint density at radius 3 is 2.39 bits per heavy atom. The van der Waals surface area contributed by atoms with Crippen molar-refractivity contribution in [2.45, 2.75) is 39.0 Å². The number of nitrogens with zero attached hydrogens (tertiary/aromatic N) is 4. The van der Waals surface area contributed by atoms with Gasteiger partial charge in [0, 0.05) is 32.7 Å². The molecule has 3 aromatic rings. The molecule has 2 fully saturated rings. The summed E-state index contributed by atoms with van der Waals surface area (Å²) in [6, 6.07) is 22.0. The van der Waals surface area contributed by atoms with Crippen molar-refractivity contribution in [1.29, 1.82) is 0 Å². The molecule has 5 rings (SSSR count). The van der Waals surface area contributed by atoms with E-state index in [0.29, 0.717) is 30.6 Å². The van der Waals surface area contributed by atoms with E-state index in [1.165, 1.54) is 16.0 Å². The molecule has 8 heteroatoms. The number of aromatic nitrogens is 1. The first-order valence-electron chi connectivity index (χ1n) is 13.1. The first kappa shape index (κ1) is 25.7. The minimum absolute atomic E-state index is 0.0361. The third kappa shape index (κ3) is 6.31. The minimum Gasteiger partial charge on any atom is -0.486 e. The van der Waals surface area contributed by atoms with Crippen LogP contribution in [0.3, 0.4) is 0 Å². The number of ether oxygens (including phenoxy) is 2. The van der Waals surface area contributed by atoms with Gasteiger partial charge in [-0.15, -0.1) is 0 Å². The average Bonchev–Trinajstić information content (AvgIpc) is 2.92. The molecule has 0 spiro atoms. The first-order chi connectivity index (χ1) is 18.4. The lowest BCUT2D eigenvalue weighted by Crippen LogP contribution is -2.53. The van der Waals surface area contributed by atoms with Crippen LogP contribution in [0.15, 0.2) is 72.9 Å². The molecule has 0 radical (unpaired) electrons. The lowest BCUT2D eigenvalue weighted by Gasteiger charge is -2.39. The Kier molecular flexibility index (Phi) is 7.89. The zero-order valence-corrected chi connectivity index (χ0v) is 22.0. The van der Waals surface area contributed by atoms with E-state index in [-0.39, 0.29) is 25.2 Å². The first-order valence-corrected chi connectivity index (χ1v) is 13.1. The Bertz CT molecular complexity index is 1230. The fourth-order valence-corrected chi connectivity index (χ4v) is 4.67. The molecule has 38 heavy (non-hydrogen) atoms. The van der Waals surface area contributed by atoms with E-state index in [1.54, 1.807) is 17.2 Å². The monoisotopic (exact) mass is 514 g/mol. The molecule has 2 aliphatic heterocycles. The van der Waals surface area contributed by atoms with Crippen molar-refractivity contribution in [2.75, 3.05) is 37.6 Å². The fraction of sp³-hybridized carbons (Fsp3) is 0.367. The second kappa shape index (κ2) is 11.6. The minimum atomic E-state index is -0.485. The molecule has 2 aromatic carbocycles. The normalized spacial score (nSPS) is 16.4. The van der Waals surface area contributed by atoms with Crippen molar-refractivity contribution in [3.05, 3.63) is 89.6 Å². The van der Waals surface area contributed by atoms with Crippen molar-refractivity contribution >= 4 is 17.8 Å². The molecule has 2 aliphatic rings. The third-order valence-corrected chi connectivity index (χ3v) is 6.96. The second-order valence-electron chi connectivity index (χ2n) is 10.2. The number of piperazine rings is 1. The molecule has 0 atom stereocenters. The Morgan fingerprint density at radius 2 is 1.74 bits per heavy atom. The summed E-state index contributed by atoms with van der Waals surface area (Å²) >= 11 is 0. The zero-order chi connectivity index (χ0) is 26.5. The van der Waals surface area contributed by atoms with E-state index in [2.05, 4.69) is 48.0 Å². The number of rotatable bonds is 8. The maximum absolute atomic E-state index is 12.7. The molecule has 0 N–H and O–H groups in total. The Hall–Kier alpha value is -3.91. The third-order valence-electron chi connectivity index (χ3n) is 6.96. The molecule has 3 heterocycles. The summed E-state index contributed by atoms with van der Waals surface area (Å²) in [5.41, 5.74) is 3.58. The number of likely N-dealkylation sites (tertiary alicyclic amines) is 1. The highest BCUT2D eigenvalue weighted by atomic mass is 16.6. The van der Waals surface area contributed by atoms with Gasteiger partial charge in [-0.3, -0.25) is 19.5 Å². The van der Waals surface area contributed by atoms with Gasteiger partial charge in [0.15, 0.2) is 0 Å². The lowest BCUT2D eigenvalue weighted by atomic mass is 10.0. The van der Waals surface area contributed by atoms with Crippen molar-refractivity contribution in [2.24, 2.45) is 0 Å². The summed E-state index contributed by atoms with van der Waals surface area (Å²) in [4.78, 5) is 35.0. The molecule has 0 unspecified atom stereocenters. The summed E-state index contributed by atoms with van der Waals surface area (Å²) in [5, 5.41) is 0. The number of hydrogen-bond acceptors (Lipinski definition) is 6. The average molecular weight is 515 g/mol. The molecule has 2 amide bonds. The topological polar surface area (TPSA) is 75.2 Å². The standard InChI is InChI=1S/C30H34N4O4/c1-22(2)25-10-8-23(9-11-25)17-32-18-27(19-32)38-26-12-13-28(31-16-26)34-15-14-33(20-29(34)35)30(36)37-21-24-6-4-3-5-7-24/h3-13,16,22,27H,14-15,17-21H2,1-2H3. The molecule has 2 saturated heterocycles. The summed E-state index contributed by atoms with van der Waals surface area (Å²) < 4.78 is 11.4. The maximum Gasteiger partial charge on any atom is 0.410 e.